The maximum absolute atomic E-state index is 11.1. The zero-order chi connectivity index (χ0) is 9.69. The van der Waals surface area contributed by atoms with E-state index in [0.29, 0.717) is 12.2 Å². The van der Waals surface area contributed by atoms with Crippen LogP contribution in [0.4, 0.5) is 0 Å². The van der Waals surface area contributed by atoms with E-state index in [1.54, 1.807) is 0 Å². The molecule has 70 valence electrons. The van der Waals surface area contributed by atoms with E-state index in [0.717, 1.165) is 0 Å². The molecule has 1 fully saturated rings. The molecule has 13 heavy (non-hydrogen) atoms. The Kier molecular flexibility index (Phi) is 1.36. The Morgan fingerprint density at radius 3 is 2.62 bits per heavy atom. The molecule has 0 aliphatic heterocycles. The topological polar surface area (TPSA) is 63.3 Å². The highest BCUT2D eigenvalue weighted by molar-refractivity contribution is 5.86. The number of hydrogen-bond acceptors (Lipinski definition) is 3. The van der Waals surface area contributed by atoms with Crippen molar-refractivity contribution in [1.29, 1.82) is 0 Å². The summed E-state index contributed by atoms with van der Waals surface area (Å²) in [6, 6.07) is 0. The van der Waals surface area contributed by atoms with Gasteiger partial charge >= 0.3 is 5.97 Å². The SMILES string of the molecule is CC1(C)CC1(C(=O)O)c1cnco1. The van der Waals surface area contributed by atoms with Gasteiger partial charge in [0.1, 0.15) is 11.2 Å². The molecule has 1 unspecified atom stereocenters. The van der Waals surface area contributed by atoms with Crippen LogP contribution >= 0.6 is 0 Å². The third-order valence-corrected chi connectivity index (χ3v) is 2.96. The first kappa shape index (κ1) is 8.29. The van der Waals surface area contributed by atoms with E-state index in [-0.39, 0.29) is 5.41 Å². The molecule has 4 heteroatoms. The maximum atomic E-state index is 11.1. The Hall–Kier alpha value is -1.32. The standard InChI is InChI=1S/C9H11NO3/c1-8(2)4-9(8,7(11)12)6-3-10-5-13-6/h3,5H,4H2,1-2H3,(H,11,12). The summed E-state index contributed by atoms with van der Waals surface area (Å²) in [4.78, 5) is 14.9. The molecule has 1 saturated carbocycles. The molecule has 0 amide bonds. The van der Waals surface area contributed by atoms with E-state index in [1.807, 2.05) is 13.8 Å². The number of hydrogen-bond donors (Lipinski definition) is 1. The van der Waals surface area contributed by atoms with Crippen LogP contribution in [0.3, 0.4) is 0 Å². The fraction of sp³-hybridized carbons (Fsp3) is 0.556. The molecule has 1 aromatic rings. The van der Waals surface area contributed by atoms with Crippen molar-refractivity contribution in [2.45, 2.75) is 25.7 Å². The van der Waals surface area contributed by atoms with Gasteiger partial charge in [-0.05, 0) is 11.8 Å². The Balaban J connectivity index is 2.45. The van der Waals surface area contributed by atoms with E-state index >= 15 is 0 Å². The first-order chi connectivity index (χ1) is 6.01. The Morgan fingerprint density at radius 1 is 1.69 bits per heavy atom. The molecule has 1 aromatic heterocycles. The second kappa shape index (κ2) is 2.13. The lowest BCUT2D eigenvalue weighted by molar-refractivity contribution is -0.141. The molecule has 0 bridgehead atoms. The summed E-state index contributed by atoms with van der Waals surface area (Å²) in [5, 5.41) is 9.12. The van der Waals surface area contributed by atoms with Gasteiger partial charge in [-0.3, -0.25) is 4.79 Å². The lowest BCUT2D eigenvalue weighted by Gasteiger charge is -2.11. The molecule has 1 aliphatic carbocycles. The molecule has 1 N–H and O–H groups in total. The second-order valence-corrected chi connectivity index (χ2v) is 4.14. The van der Waals surface area contributed by atoms with Crippen molar-refractivity contribution < 1.29 is 14.3 Å². The molecule has 1 aliphatic rings. The highest BCUT2D eigenvalue weighted by atomic mass is 16.4. The summed E-state index contributed by atoms with van der Waals surface area (Å²) in [6.45, 7) is 3.84. The van der Waals surface area contributed by atoms with Crippen LogP contribution in [0.1, 0.15) is 26.0 Å². The first-order valence-corrected chi connectivity index (χ1v) is 4.13. The number of aliphatic carboxylic acids is 1. The number of nitrogens with zero attached hydrogens (tertiary/aromatic N) is 1. The molecular formula is C9H11NO3. The van der Waals surface area contributed by atoms with Gasteiger partial charge in [0.2, 0.25) is 0 Å². The van der Waals surface area contributed by atoms with E-state index in [9.17, 15) is 4.79 Å². The van der Waals surface area contributed by atoms with Crippen LogP contribution in [0.2, 0.25) is 0 Å². The van der Waals surface area contributed by atoms with Crippen molar-refractivity contribution in [1.82, 2.24) is 4.98 Å². The summed E-state index contributed by atoms with van der Waals surface area (Å²) in [6.07, 6.45) is 3.38. The van der Waals surface area contributed by atoms with Crippen molar-refractivity contribution in [3.05, 3.63) is 18.4 Å². The predicted molar refractivity (Wildman–Crippen MR) is 44.2 cm³/mol. The first-order valence-electron chi connectivity index (χ1n) is 4.13. The Labute approximate surface area is 75.6 Å². The van der Waals surface area contributed by atoms with E-state index in [1.165, 1.54) is 12.6 Å². The normalized spacial score (nSPS) is 30.0. The van der Waals surface area contributed by atoms with Crippen LogP contribution in [-0.2, 0) is 10.2 Å². The van der Waals surface area contributed by atoms with E-state index < -0.39 is 11.4 Å². The highest BCUT2D eigenvalue weighted by Gasteiger charge is 2.70. The summed E-state index contributed by atoms with van der Waals surface area (Å²) in [7, 11) is 0. The van der Waals surface area contributed by atoms with Crippen LogP contribution in [0.25, 0.3) is 0 Å². The summed E-state index contributed by atoms with van der Waals surface area (Å²) >= 11 is 0. The van der Waals surface area contributed by atoms with Crippen LogP contribution < -0.4 is 0 Å². The number of aromatic nitrogens is 1. The van der Waals surface area contributed by atoms with Crippen molar-refractivity contribution in [3.8, 4) is 0 Å². The summed E-state index contributed by atoms with van der Waals surface area (Å²) in [5.74, 6) is -0.362. The van der Waals surface area contributed by atoms with Crippen molar-refractivity contribution in [2.75, 3.05) is 0 Å². The molecule has 0 aromatic carbocycles. The third kappa shape index (κ3) is 0.855. The monoisotopic (exact) mass is 181 g/mol. The van der Waals surface area contributed by atoms with Gasteiger partial charge in [0.15, 0.2) is 6.39 Å². The van der Waals surface area contributed by atoms with E-state index in [4.69, 9.17) is 9.52 Å². The lowest BCUT2D eigenvalue weighted by atomic mass is 9.94. The van der Waals surface area contributed by atoms with Gasteiger partial charge in [0, 0.05) is 0 Å². The average molecular weight is 181 g/mol. The quantitative estimate of drug-likeness (QED) is 0.749. The minimum atomic E-state index is -0.844. The van der Waals surface area contributed by atoms with Crippen molar-refractivity contribution in [3.63, 3.8) is 0 Å². The smallest absolute Gasteiger partial charge is 0.318 e. The maximum Gasteiger partial charge on any atom is 0.318 e. The van der Waals surface area contributed by atoms with Crippen molar-refractivity contribution >= 4 is 5.97 Å². The fourth-order valence-electron chi connectivity index (χ4n) is 1.94. The van der Waals surface area contributed by atoms with Crippen LogP contribution in [0.15, 0.2) is 17.0 Å². The highest BCUT2D eigenvalue weighted by Crippen LogP contribution is 2.64. The van der Waals surface area contributed by atoms with Crippen LogP contribution in [-0.4, -0.2) is 16.1 Å². The lowest BCUT2D eigenvalue weighted by Crippen LogP contribution is -2.24. The zero-order valence-electron chi connectivity index (χ0n) is 7.57. The van der Waals surface area contributed by atoms with Gasteiger partial charge in [0.05, 0.1) is 6.20 Å². The zero-order valence-corrected chi connectivity index (χ0v) is 7.57. The predicted octanol–water partition coefficient (Wildman–Crippen LogP) is 1.43. The molecule has 1 atom stereocenters. The van der Waals surface area contributed by atoms with Gasteiger partial charge in [0.25, 0.3) is 0 Å². The molecule has 4 nitrogen and oxygen atoms in total. The molecule has 1 heterocycles. The molecule has 2 rings (SSSR count). The van der Waals surface area contributed by atoms with E-state index in [2.05, 4.69) is 4.98 Å². The van der Waals surface area contributed by atoms with Gasteiger partial charge in [-0.2, -0.15) is 0 Å². The molecule has 0 spiro atoms. The summed E-state index contributed by atoms with van der Waals surface area (Å²) in [5.41, 5.74) is -1.07. The third-order valence-electron chi connectivity index (χ3n) is 2.96. The van der Waals surface area contributed by atoms with Gasteiger partial charge in [-0.15, -0.1) is 0 Å². The minimum Gasteiger partial charge on any atom is -0.480 e. The second-order valence-electron chi connectivity index (χ2n) is 4.14. The Bertz CT molecular complexity index is 342. The minimum absolute atomic E-state index is 0.224. The number of carboxylic acid groups (broad SMARTS) is 1. The largest absolute Gasteiger partial charge is 0.480 e. The average Bonchev–Trinajstić information content (AvgIpc) is 2.52. The van der Waals surface area contributed by atoms with Crippen LogP contribution in [0.5, 0.6) is 0 Å². The van der Waals surface area contributed by atoms with Gasteiger partial charge in [-0.25, -0.2) is 4.98 Å². The van der Waals surface area contributed by atoms with Crippen molar-refractivity contribution in [2.24, 2.45) is 5.41 Å². The molecule has 0 radical (unpaired) electrons. The van der Waals surface area contributed by atoms with Crippen LogP contribution in [0, 0.1) is 5.41 Å². The molecule has 0 saturated heterocycles. The number of carbonyl (C=O) groups is 1. The van der Waals surface area contributed by atoms with Gasteiger partial charge < -0.3 is 9.52 Å². The van der Waals surface area contributed by atoms with Gasteiger partial charge in [-0.1, -0.05) is 13.8 Å². The number of rotatable bonds is 2. The number of carboxylic acids is 1. The number of oxazole rings is 1. The fourth-order valence-corrected chi connectivity index (χ4v) is 1.94. The molecular weight excluding hydrogens is 170 g/mol. The Morgan fingerprint density at radius 2 is 2.31 bits per heavy atom. The summed E-state index contributed by atoms with van der Waals surface area (Å²) < 4.78 is 5.07.